The lowest BCUT2D eigenvalue weighted by molar-refractivity contribution is -0.637. The summed E-state index contributed by atoms with van der Waals surface area (Å²) in [5.74, 6) is 5.35. The van der Waals surface area contributed by atoms with E-state index >= 15 is 0 Å². The fraction of sp³-hybridized carbons (Fsp3) is 0.158. The average Bonchev–Trinajstić information content (AvgIpc) is 2.93. The third-order valence-corrected chi connectivity index (χ3v) is 3.28. The molecule has 0 atom stereocenters. The van der Waals surface area contributed by atoms with Gasteiger partial charge in [0.1, 0.15) is 6.20 Å². The van der Waals surface area contributed by atoms with Gasteiger partial charge in [-0.05, 0) is 32.9 Å². The maximum atomic E-state index is 11.8. The van der Waals surface area contributed by atoms with Gasteiger partial charge in [0, 0.05) is 0 Å². The Morgan fingerprint density at radius 3 is 1.91 bits per heavy atom. The van der Waals surface area contributed by atoms with Crippen LogP contribution in [0.3, 0.4) is 0 Å². The zero-order valence-electron chi connectivity index (χ0n) is 13.7. The molecule has 0 bridgehead atoms. The standard InChI is InChI=1S/C10H10N3O.C9H12/c11-13-7-6-12(8-13)10(14)9-4-2-1-3-5-9;1-7-4-8(2)6-9(3)5-7/h1-8H,11H2;4-6H,1-3H3/q+1;. The van der Waals surface area contributed by atoms with Crippen molar-refractivity contribution < 1.29 is 9.47 Å². The van der Waals surface area contributed by atoms with Gasteiger partial charge in [0.25, 0.3) is 6.33 Å². The van der Waals surface area contributed by atoms with Crippen LogP contribution in [-0.2, 0) is 0 Å². The van der Waals surface area contributed by atoms with E-state index in [1.54, 1.807) is 24.5 Å². The highest BCUT2D eigenvalue weighted by molar-refractivity contribution is 5.95. The maximum absolute atomic E-state index is 11.8. The number of nitrogens with two attached hydrogens (primary N) is 1. The fourth-order valence-electron chi connectivity index (χ4n) is 2.42. The summed E-state index contributed by atoms with van der Waals surface area (Å²) in [5.41, 5.74) is 4.70. The van der Waals surface area contributed by atoms with Gasteiger partial charge in [0.05, 0.1) is 5.56 Å². The number of rotatable bonds is 1. The summed E-state index contributed by atoms with van der Waals surface area (Å²) in [6, 6.07) is 15.6. The molecule has 4 nitrogen and oxygen atoms in total. The minimum absolute atomic E-state index is 0.0881. The van der Waals surface area contributed by atoms with Gasteiger partial charge in [-0.25, -0.2) is 4.79 Å². The third kappa shape index (κ3) is 4.81. The van der Waals surface area contributed by atoms with E-state index in [0.717, 1.165) is 0 Å². The second-order valence-corrected chi connectivity index (χ2v) is 5.60. The number of aryl methyl sites for hydroxylation is 3. The summed E-state index contributed by atoms with van der Waals surface area (Å²) in [7, 11) is 0. The SMILES string of the molecule is Cc1cc(C)cc(C)c1.N[n+]1ccn(C(=O)c2ccccc2)c1. The van der Waals surface area contributed by atoms with Crippen LogP contribution in [0.25, 0.3) is 0 Å². The first-order valence-corrected chi connectivity index (χ1v) is 7.44. The van der Waals surface area contributed by atoms with Gasteiger partial charge in [-0.1, -0.05) is 53.1 Å². The van der Waals surface area contributed by atoms with E-state index in [2.05, 4.69) is 39.0 Å². The van der Waals surface area contributed by atoms with Gasteiger partial charge in [-0.15, -0.1) is 4.68 Å². The summed E-state index contributed by atoms with van der Waals surface area (Å²) in [5, 5.41) is 0. The number of imidazole rings is 1. The molecule has 1 heterocycles. The van der Waals surface area contributed by atoms with Crippen LogP contribution in [0.4, 0.5) is 0 Å². The second kappa shape index (κ2) is 7.40. The highest BCUT2D eigenvalue weighted by Crippen LogP contribution is 2.06. The number of carbonyl (C=O) groups excluding carboxylic acids is 1. The van der Waals surface area contributed by atoms with Crippen molar-refractivity contribution >= 4 is 5.91 Å². The van der Waals surface area contributed by atoms with Crippen molar-refractivity contribution in [2.75, 3.05) is 5.84 Å². The number of hydrogen-bond acceptors (Lipinski definition) is 2. The Morgan fingerprint density at radius 2 is 1.48 bits per heavy atom. The van der Waals surface area contributed by atoms with E-state index in [1.165, 1.54) is 32.3 Å². The zero-order chi connectivity index (χ0) is 16.8. The maximum Gasteiger partial charge on any atom is 0.345 e. The first-order valence-electron chi connectivity index (χ1n) is 7.44. The number of carbonyl (C=O) groups is 1. The molecule has 0 aliphatic heterocycles. The van der Waals surface area contributed by atoms with Gasteiger partial charge in [0.15, 0.2) is 6.20 Å². The lowest BCUT2D eigenvalue weighted by Gasteiger charge is -1.96. The molecule has 1 aromatic heterocycles. The molecule has 4 heteroatoms. The van der Waals surface area contributed by atoms with Crippen LogP contribution in [0.1, 0.15) is 27.0 Å². The zero-order valence-corrected chi connectivity index (χ0v) is 13.7. The van der Waals surface area contributed by atoms with Gasteiger partial charge >= 0.3 is 5.91 Å². The number of hydrogen-bond donors (Lipinski definition) is 1. The van der Waals surface area contributed by atoms with Crippen LogP contribution in [-0.4, -0.2) is 10.5 Å². The number of benzene rings is 2. The summed E-state index contributed by atoms with van der Waals surface area (Å²) in [4.78, 5) is 11.8. The Kier molecular flexibility index (Phi) is 5.31. The summed E-state index contributed by atoms with van der Waals surface area (Å²) in [6.45, 7) is 6.38. The molecule has 0 spiro atoms. The number of aromatic nitrogens is 2. The van der Waals surface area contributed by atoms with Crippen molar-refractivity contribution in [3.8, 4) is 0 Å². The third-order valence-electron chi connectivity index (χ3n) is 3.28. The molecule has 2 N–H and O–H groups in total. The molecular formula is C19H22N3O+. The van der Waals surface area contributed by atoms with Gasteiger partial charge in [-0.2, -0.15) is 4.57 Å². The highest BCUT2D eigenvalue weighted by Gasteiger charge is 2.13. The smallest absolute Gasteiger partial charge is 0.269 e. The summed E-state index contributed by atoms with van der Waals surface area (Å²) < 4.78 is 2.77. The molecule has 23 heavy (non-hydrogen) atoms. The normalized spacial score (nSPS) is 9.87. The molecule has 0 saturated carbocycles. The number of nitrogen functional groups attached to an aromatic ring is 1. The topological polar surface area (TPSA) is 51.9 Å². The van der Waals surface area contributed by atoms with E-state index in [9.17, 15) is 4.79 Å². The quantitative estimate of drug-likeness (QED) is 0.555. The van der Waals surface area contributed by atoms with Crippen molar-refractivity contribution in [1.82, 2.24) is 4.57 Å². The van der Waals surface area contributed by atoms with Crippen molar-refractivity contribution in [3.63, 3.8) is 0 Å². The van der Waals surface area contributed by atoms with E-state index in [1.807, 2.05) is 18.2 Å². The fourth-order valence-corrected chi connectivity index (χ4v) is 2.42. The monoisotopic (exact) mass is 308 g/mol. The highest BCUT2D eigenvalue weighted by atomic mass is 16.2. The van der Waals surface area contributed by atoms with Gasteiger partial charge in [-0.3, -0.25) is 5.84 Å². The van der Waals surface area contributed by atoms with E-state index in [4.69, 9.17) is 5.84 Å². The first-order chi connectivity index (χ1) is 11.0. The molecule has 3 rings (SSSR count). The Hall–Kier alpha value is -2.88. The average molecular weight is 308 g/mol. The molecular weight excluding hydrogens is 286 g/mol. The number of nitrogens with zero attached hydrogens (tertiary/aromatic N) is 2. The van der Waals surface area contributed by atoms with Crippen LogP contribution < -0.4 is 10.5 Å². The molecule has 2 aromatic carbocycles. The largest absolute Gasteiger partial charge is 0.345 e. The Labute approximate surface area is 136 Å². The van der Waals surface area contributed by atoms with Crippen LogP contribution in [0.15, 0.2) is 67.3 Å². The molecule has 0 radical (unpaired) electrons. The molecule has 0 aliphatic carbocycles. The van der Waals surface area contributed by atoms with Crippen molar-refractivity contribution in [3.05, 3.63) is 89.5 Å². The van der Waals surface area contributed by atoms with E-state index in [-0.39, 0.29) is 5.91 Å². The summed E-state index contributed by atoms with van der Waals surface area (Å²) in [6.07, 6.45) is 4.76. The van der Waals surface area contributed by atoms with Crippen LogP contribution >= 0.6 is 0 Å². The minimum atomic E-state index is -0.0881. The van der Waals surface area contributed by atoms with Crippen molar-refractivity contribution in [2.24, 2.45) is 0 Å². The Morgan fingerprint density at radius 1 is 0.957 bits per heavy atom. The molecule has 0 fully saturated rings. The molecule has 0 amide bonds. The molecule has 0 unspecified atom stereocenters. The minimum Gasteiger partial charge on any atom is -0.269 e. The first kappa shape index (κ1) is 16.5. The van der Waals surface area contributed by atoms with Crippen LogP contribution in [0, 0.1) is 20.8 Å². The van der Waals surface area contributed by atoms with Crippen LogP contribution in [0.2, 0.25) is 0 Å². The van der Waals surface area contributed by atoms with E-state index in [0.29, 0.717) is 5.56 Å². The molecule has 118 valence electrons. The molecule has 3 aromatic rings. The van der Waals surface area contributed by atoms with Crippen LogP contribution in [0.5, 0.6) is 0 Å². The predicted molar refractivity (Wildman–Crippen MR) is 91.6 cm³/mol. The second-order valence-electron chi connectivity index (χ2n) is 5.60. The molecule has 0 saturated heterocycles. The lowest BCUT2D eigenvalue weighted by atomic mass is 10.1. The van der Waals surface area contributed by atoms with E-state index < -0.39 is 0 Å². The predicted octanol–water partition coefficient (Wildman–Crippen LogP) is 2.79. The Bertz CT molecular complexity index is 741. The lowest BCUT2D eigenvalue weighted by Crippen LogP contribution is -2.42. The Balaban J connectivity index is 0.000000185. The molecule has 0 aliphatic rings. The van der Waals surface area contributed by atoms with Gasteiger partial charge in [0.2, 0.25) is 0 Å². The summed E-state index contributed by atoms with van der Waals surface area (Å²) >= 11 is 0. The van der Waals surface area contributed by atoms with Crippen molar-refractivity contribution in [1.29, 1.82) is 0 Å². The van der Waals surface area contributed by atoms with Gasteiger partial charge < -0.3 is 0 Å². The van der Waals surface area contributed by atoms with Crippen molar-refractivity contribution in [2.45, 2.75) is 20.8 Å².